The van der Waals surface area contributed by atoms with Gasteiger partial charge in [-0.05, 0) is 29.4 Å². The lowest BCUT2D eigenvalue weighted by Crippen LogP contribution is -2.49. The molecule has 1 aliphatic heterocycles. The standard InChI is InChI=1S/C13H21N3O2S/c1-15-3-5-16(6-4-15)13(18)9-14-8-12(17)11-2-7-19-10-11/h2,7,10,12,14,17H,3-6,8-9H2,1H3. The number of nitrogens with zero attached hydrogens (tertiary/aromatic N) is 2. The van der Waals surface area contributed by atoms with E-state index in [1.807, 2.05) is 21.7 Å². The van der Waals surface area contributed by atoms with Gasteiger partial charge in [0.15, 0.2) is 0 Å². The summed E-state index contributed by atoms with van der Waals surface area (Å²) in [7, 11) is 2.07. The maximum atomic E-state index is 11.9. The highest BCUT2D eigenvalue weighted by Crippen LogP contribution is 2.14. The summed E-state index contributed by atoms with van der Waals surface area (Å²) >= 11 is 1.56. The Morgan fingerprint density at radius 3 is 2.84 bits per heavy atom. The number of likely N-dealkylation sites (N-methyl/N-ethyl adjacent to an activating group) is 1. The van der Waals surface area contributed by atoms with Crippen LogP contribution in [0.5, 0.6) is 0 Å². The molecule has 1 saturated heterocycles. The monoisotopic (exact) mass is 283 g/mol. The number of piperazine rings is 1. The maximum absolute atomic E-state index is 11.9. The third-order valence-electron chi connectivity index (χ3n) is 3.40. The first-order chi connectivity index (χ1) is 9.16. The van der Waals surface area contributed by atoms with Crippen LogP contribution in [-0.4, -0.2) is 67.1 Å². The van der Waals surface area contributed by atoms with Crippen molar-refractivity contribution in [3.8, 4) is 0 Å². The van der Waals surface area contributed by atoms with E-state index in [0.717, 1.165) is 31.7 Å². The fourth-order valence-electron chi connectivity index (χ4n) is 2.07. The summed E-state index contributed by atoms with van der Waals surface area (Å²) in [6, 6.07) is 1.90. The zero-order chi connectivity index (χ0) is 13.7. The number of carbonyl (C=O) groups excluding carboxylic acids is 1. The first kappa shape index (κ1) is 14.5. The van der Waals surface area contributed by atoms with Crippen LogP contribution in [0.1, 0.15) is 11.7 Å². The molecule has 2 N–H and O–H groups in total. The van der Waals surface area contributed by atoms with E-state index >= 15 is 0 Å². The number of amides is 1. The largest absolute Gasteiger partial charge is 0.387 e. The number of rotatable bonds is 5. The van der Waals surface area contributed by atoms with Crippen LogP contribution in [0.15, 0.2) is 16.8 Å². The molecule has 0 radical (unpaired) electrons. The van der Waals surface area contributed by atoms with Gasteiger partial charge in [0.1, 0.15) is 0 Å². The molecular formula is C13H21N3O2S. The van der Waals surface area contributed by atoms with E-state index in [4.69, 9.17) is 0 Å². The van der Waals surface area contributed by atoms with Crippen LogP contribution in [0.25, 0.3) is 0 Å². The normalized spacial score (nSPS) is 18.5. The predicted octanol–water partition coefficient (Wildman–Crippen LogP) is 0.145. The van der Waals surface area contributed by atoms with Crippen molar-refractivity contribution in [1.29, 1.82) is 0 Å². The highest BCUT2D eigenvalue weighted by atomic mass is 32.1. The van der Waals surface area contributed by atoms with Gasteiger partial charge in [-0.25, -0.2) is 0 Å². The van der Waals surface area contributed by atoms with Crippen molar-refractivity contribution in [3.63, 3.8) is 0 Å². The lowest BCUT2D eigenvalue weighted by atomic mass is 10.2. The molecule has 19 heavy (non-hydrogen) atoms. The number of hydrogen-bond acceptors (Lipinski definition) is 5. The van der Waals surface area contributed by atoms with Crippen molar-refractivity contribution < 1.29 is 9.90 Å². The van der Waals surface area contributed by atoms with Gasteiger partial charge in [-0.1, -0.05) is 0 Å². The summed E-state index contributed by atoms with van der Waals surface area (Å²) < 4.78 is 0. The molecule has 106 valence electrons. The van der Waals surface area contributed by atoms with E-state index < -0.39 is 6.10 Å². The first-order valence-electron chi connectivity index (χ1n) is 6.54. The maximum Gasteiger partial charge on any atom is 0.236 e. The molecule has 1 aliphatic rings. The van der Waals surface area contributed by atoms with E-state index in [9.17, 15) is 9.90 Å². The molecule has 0 aromatic carbocycles. The molecular weight excluding hydrogens is 262 g/mol. The van der Waals surface area contributed by atoms with Crippen molar-refractivity contribution in [3.05, 3.63) is 22.4 Å². The fraction of sp³-hybridized carbons (Fsp3) is 0.615. The van der Waals surface area contributed by atoms with Crippen LogP contribution in [0, 0.1) is 0 Å². The minimum atomic E-state index is -0.536. The summed E-state index contributed by atoms with van der Waals surface area (Å²) in [5.74, 6) is 0.116. The van der Waals surface area contributed by atoms with Gasteiger partial charge in [-0.2, -0.15) is 11.3 Å². The Morgan fingerprint density at radius 2 is 2.21 bits per heavy atom. The van der Waals surface area contributed by atoms with Gasteiger partial charge in [0.05, 0.1) is 12.6 Å². The number of aliphatic hydroxyl groups excluding tert-OH is 1. The summed E-state index contributed by atoms with van der Waals surface area (Å²) in [5.41, 5.74) is 0.907. The van der Waals surface area contributed by atoms with Crippen LogP contribution >= 0.6 is 11.3 Å². The van der Waals surface area contributed by atoms with Crippen molar-refractivity contribution in [2.24, 2.45) is 0 Å². The summed E-state index contributed by atoms with van der Waals surface area (Å²) in [6.07, 6.45) is -0.536. The Balaban J connectivity index is 1.66. The van der Waals surface area contributed by atoms with E-state index in [0.29, 0.717) is 13.1 Å². The molecule has 2 heterocycles. The minimum Gasteiger partial charge on any atom is -0.387 e. The second-order valence-electron chi connectivity index (χ2n) is 4.89. The molecule has 1 fully saturated rings. The molecule has 1 aromatic heterocycles. The number of aliphatic hydroxyl groups is 1. The van der Waals surface area contributed by atoms with Crippen LogP contribution in [0.2, 0.25) is 0 Å². The summed E-state index contributed by atoms with van der Waals surface area (Å²) in [4.78, 5) is 16.0. The van der Waals surface area contributed by atoms with Crippen molar-refractivity contribution in [2.45, 2.75) is 6.10 Å². The van der Waals surface area contributed by atoms with Gasteiger partial charge in [0.2, 0.25) is 5.91 Å². The zero-order valence-electron chi connectivity index (χ0n) is 11.2. The Hall–Kier alpha value is -0.950. The van der Waals surface area contributed by atoms with Gasteiger partial charge >= 0.3 is 0 Å². The summed E-state index contributed by atoms with van der Waals surface area (Å²) in [6.45, 7) is 4.17. The molecule has 0 spiro atoms. The SMILES string of the molecule is CN1CCN(C(=O)CNCC(O)c2ccsc2)CC1. The molecule has 2 rings (SSSR count). The lowest BCUT2D eigenvalue weighted by Gasteiger charge is -2.32. The Bertz CT molecular complexity index is 389. The van der Waals surface area contributed by atoms with Crippen LogP contribution in [0.4, 0.5) is 0 Å². The van der Waals surface area contributed by atoms with Crippen LogP contribution in [-0.2, 0) is 4.79 Å². The van der Waals surface area contributed by atoms with Crippen LogP contribution < -0.4 is 5.32 Å². The topological polar surface area (TPSA) is 55.8 Å². The van der Waals surface area contributed by atoms with Gasteiger partial charge in [0.25, 0.3) is 0 Å². The number of nitrogens with one attached hydrogen (secondary N) is 1. The second-order valence-corrected chi connectivity index (χ2v) is 5.67. The molecule has 6 heteroatoms. The highest BCUT2D eigenvalue weighted by molar-refractivity contribution is 7.07. The smallest absolute Gasteiger partial charge is 0.236 e. The van der Waals surface area contributed by atoms with Gasteiger partial charge in [0, 0.05) is 32.7 Å². The number of thiophene rings is 1. The molecule has 1 aromatic rings. The lowest BCUT2D eigenvalue weighted by molar-refractivity contribution is -0.131. The molecule has 0 aliphatic carbocycles. The molecule has 0 bridgehead atoms. The molecule has 1 unspecified atom stereocenters. The average molecular weight is 283 g/mol. The van der Waals surface area contributed by atoms with Crippen LogP contribution in [0.3, 0.4) is 0 Å². The Labute approximate surface area is 117 Å². The van der Waals surface area contributed by atoms with E-state index in [1.165, 1.54) is 0 Å². The average Bonchev–Trinajstić information content (AvgIpc) is 2.93. The number of hydrogen-bond donors (Lipinski definition) is 2. The van der Waals surface area contributed by atoms with Gasteiger partial charge in [-0.15, -0.1) is 0 Å². The minimum absolute atomic E-state index is 0.116. The third kappa shape index (κ3) is 4.28. The van der Waals surface area contributed by atoms with Crippen molar-refractivity contribution in [2.75, 3.05) is 46.3 Å². The van der Waals surface area contributed by atoms with Gasteiger partial charge < -0.3 is 20.2 Å². The quantitative estimate of drug-likeness (QED) is 0.807. The molecule has 1 atom stereocenters. The number of carbonyl (C=O) groups is 1. The fourth-order valence-corrected chi connectivity index (χ4v) is 2.77. The molecule has 0 saturated carbocycles. The summed E-state index contributed by atoms with van der Waals surface area (Å²) in [5, 5.41) is 16.8. The van der Waals surface area contributed by atoms with Crippen molar-refractivity contribution in [1.82, 2.24) is 15.1 Å². The molecule has 1 amide bonds. The van der Waals surface area contributed by atoms with E-state index in [-0.39, 0.29) is 5.91 Å². The highest BCUT2D eigenvalue weighted by Gasteiger charge is 2.18. The Kier molecular flexibility index (Phi) is 5.33. The Morgan fingerprint density at radius 1 is 1.47 bits per heavy atom. The first-order valence-corrected chi connectivity index (χ1v) is 7.48. The second kappa shape index (κ2) is 7.00. The zero-order valence-corrected chi connectivity index (χ0v) is 12.0. The van der Waals surface area contributed by atoms with Crippen molar-refractivity contribution >= 4 is 17.2 Å². The van der Waals surface area contributed by atoms with Gasteiger partial charge in [-0.3, -0.25) is 4.79 Å². The third-order valence-corrected chi connectivity index (χ3v) is 4.10. The predicted molar refractivity (Wildman–Crippen MR) is 76.2 cm³/mol. The van der Waals surface area contributed by atoms with E-state index in [1.54, 1.807) is 11.3 Å². The van der Waals surface area contributed by atoms with E-state index in [2.05, 4.69) is 17.3 Å². The molecule has 5 nitrogen and oxygen atoms in total.